The number of nitrogens with zero attached hydrogens (tertiary/aromatic N) is 1. The molecule has 2 nitrogen and oxygen atoms in total. The smallest absolute Gasteiger partial charge is 0.258 e. The maximum atomic E-state index is 13.2. The third kappa shape index (κ3) is 2.39. The van der Waals surface area contributed by atoms with Crippen LogP contribution in [0.5, 0.6) is 11.6 Å². The summed E-state index contributed by atoms with van der Waals surface area (Å²) in [6, 6.07) is 2.37. The summed E-state index contributed by atoms with van der Waals surface area (Å²) in [5.41, 5.74) is 0. The van der Waals surface area contributed by atoms with Crippen molar-refractivity contribution in [3.8, 4) is 11.6 Å². The summed E-state index contributed by atoms with van der Waals surface area (Å²) in [5.74, 6) is -7.97. The van der Waals surface area contributed by atoms with Crippen LogP contribution in [0.4, 0.5) is 22.0 Å². The lowest BCUT2D eigenvalue weighted by Crippen LogP contribution is -1.99. The molecular weight excluding hydrogens is 257 g/mol. The quantitative estimate of drug-likeness (QED) is 0.609. The van der Waals surface area contributed by atoms with Gasteiger partial charge in [-0.1, -0.05) is 0 Å². The molecule has 0 aliphatic rings. The first-order chi connectivity index (χ1) is 8.47. The lowest BCUT2D eigenvalue weighted by Gasteiger charge is -2.06. The van der Waals surface area contributed by atoms with Crippen LogP contribution in [-0.4, -0.2) is 4.98 Å². The maximum Gasteiger partial charge on any atom is 0.258 e. The number of halogens is 5. The van der Waals surface area contributed by atoms with Gasteiger partial charge in [0.05, 0.1) is 0 Å². The Morgan fingerprint density at radius 3 is 2.28 bits per heavy atom. The van der Waals surface area contributed by atoms with E-state index in [1.165, 1.54) is 0 Å². The number of benzene rings is 1. The van der Waals surface area contributed by atoms with Crippen LogP contribution in [0.3, 0.4) is 0 Å². The topological polar surface area (TPSA) is 22.1 Å². The van der Waals surface area contributed by atoms with Crippen LogP contribution in [0.1, 0.15) is 0 Å². The van der Waals surface area contributed by atoms with Gasteiger partial charge in [0.2, 0.25) is 0 Å². The van der Waals surface area contributed by atoms with Crippen molar-refractivity contribution >= 4 is 0 Å². The minimum absolute atomic E-state index is 0.189. The highest BCUT2D eigenvalue weighted by Gasteiger charge is 2.15. The Labute approximate surface area is 97.6 Å². The molecule has 1 heterocycles. The molecule has 0 unspecified atom stereocenters. The number of rotatable bonds is 2. The summed E-state index contributed by atoms with van der Waals surface area (Å²) in [7, 11) is 0. The van der Waals surface area contributed by atoms with Crippen LogP contribution >= 0.6 is 0 Å². The van der Waals surface area contributed by atoms with Crippen molar-refractivity contribution in [3.63, 3.8) is 0 Å². The molecule has 0 aliphatic heterocycles. The average molecular weight is 261 g/mol. The van der Waals surface area contributed by atoms with Crippen molar-refractivity contribution in [2.45, 2.75) is 0 Å². The predicted octanol–water partition coefficient (Wildman–Crippen LogP) is 3.57. The van der Waals surface area contributed by atoms with E-state index in [1.807, 2.05) is 0 Å². The Hall–Kier alpha value is -2.18. The number of pyridine rings is 1. The zero-order valence-corrected chi connectivity index (χ0v) is 8.55. The number of ether oxygens (including phenoxy) is 1. The molecule has 0 saturated carbocycles. The van der Waals surface area contributed by atoms with E-state index in [9.17, 15) is 22.0 Å². The summed E-state index contributed by atoms with van der Waals surface area (Å²) >= 11 is 0. The molecule has 1 aromatic carbocycles. The molecule has 0 N–H and O–H groups in total. The van der Waals surface area contributed by atoms with Crippen molar-refractivity contribution < 1.29 is 26.7 Å². The van der Waals surface area contributed by atoms with E-state index in [4.69, 9.17) is 0 Å². The molecule has 2 rings (SSSR count). The van der Waals surface area contributed by atoms with Crippen molar-refractivity contribution in [1.82, 2.24) is 4.98 Å². The van der Waals surface area contributed by atoms with Crippen molar-refractivity contribution in [2.75, 3.05) is 0 Å². The summed E-state index contributed by atoms with van der Waals surface area (Å²) in [4.78, 5) is 2.81. The van der Waals surface area contributed by atoms with Gasteiger partial charge >= 0.3 is 0 Å². The SMILES string of the molecule is Fc1ccc(F)c(Oc2nc(F)c(F)cc2F)c1. The predicted molar refractivity (Wildman–Crippen MR) is 50.5 cm³/mol. The van der Waals surface area contributed by atoms with Crippen molar-refractivity contribution in [2.24, 2.45) is 0 Å². The van der Waals surface area contributed by atoms with E-state index in [2.05, 4.69) is 9.72 Å². The second-order valence-electron chi connectivity index (χ2n) is 3.22. The third-order valence-corrected chi connectivity index (χ3v) is 1.95. The monoisotopic (exact) mass is 261 g/mol. The fourth-order valence-electron chi connectivity index (χ4n) is 1.16. The molecule has 1 aromatic heterocycles. The fraction of sp³-hybridized carbons (Fsp3) is 0. The molecule has 7 heteroatoms. The Bertz CT molecular complexity index is 602. The first-order valence-corrected chi connectivity index (χ1v) is 4.62. The van der Waals surface area contributed by atoms with Crippen LogP contribution in [0, 0.1) is 29.2 Å². The van der Waals surface area contributed by atoms with Gasteiger partial charge in [-0.2, -0.15) is 9.37 Å². The standard InChI is InChI=1S/C11H4F5NO/c12-5-1-2-6(13)9(3-5)18-11-8(15)4-7(14)10(16)17-11/h1-4H. The minimum atomic E-state index is -1.61. The molecular formula is C11H4F5NO. The lowest BCUT2D eigenvalue weighted by atomic mass is 10.3. The summed E-state index contributed by atoms with van der Waals surface area (Å²) in [5, 5.41) is 0. The van der Waals surface area contributed by atoms with Crippen molar-refractivity contribution in [1.29, 1.82) is 0 Å². The zero-order valence-electron chi connectivity index (χ0n) is 8.55. The first kappa shape index (κ1) is 12.3. The van der Waals surface area contributed by atoms with E-state index < -0.39 is 40.8 Å². The maximum absolute atomic E-state index is 13.2. The molecule has 0 bridgehead atoms. The van der Waals surface area contributed by atoms with Gasteiger partial charge in [-0.05, 0) is 12.1 Å². The highest BCUT2D eigenvalue weighted by atomic mass is 19.2. The third-order valence-electron chi connectivity index (χ3n) is 1.95. The van der Waals surface area contributed by atoms with Gasteiger partial charge in [-0.25, -0.2) is 17.6 Å². The number of aromatic nitrogens is 1. The number of hydrogen-bond acceptors (Lipinski definition) is 2. The van der Waals surface area contributed by atoms with E-state index in [0.717, 1.165) is 12.1 Å². The molecule has 0 spiro atoms. The second-order valence-corrected chi connectivity index (χ2v) is 3.22. The highest BCUT2D eigenvalue weighted by molar-refractivity contribution is 5.29. The van der Waals surface area contributed by atoms with E-state index in [-0.39, 0.29) is 6.07 Å². The Morgan fingerprint density at radius 2 is 1.56 bits per heavy atom. The van der Waals surface area contributed by atoms with Crippen LogP contribution in [0.25, 0.3) is 0 Å². The minimum Gasteiger partial charge on any atom is -0.433 e. The molecule has 18 heavy (non-hydrogen) atoms. The molecule has 94 valence electrons. The van der Waals surface area contributed by atoms with Gasteiger partial charge in [-0.3, -0.25) is 0 Å². The lowest BCUT2D eigenvalue weighted by molar-refractivity contribution is 0.370. The Morgan fingerprint density at radius 1 is 0.833 bits per heavy atom. The second kappa shape index (κ2) is 4.59. The highest BCUT2D eigenvalue weighted by Crippen LogP contribution is 2.26. The molecule has 0 fully saturated rings. The van der Waals surface area contributed by atoms with Crippen molar-refractivity contribution in [3.05, 3.63) is 53.5 Å². The van der Waals surface area contributed by atoms with Gasteiger partial charge in [0.15, 0.2) is 23.2 Å². The van der Waals surface area contributed by atoms with Gasteiger partial charge in [-0.15, -0.1) is 0 Å². The summed E-state index contributed by atoms with van der Waals surface area (Å²) < 4.78 is 69.0. The molecule has 2 aromatic rings. The molecule has 0 radical (unpaired) electrons. The molecule has 0 amide bonds. The van der Waals surface area contributed by atoms with E-state index in [1.54, 1.807) is 0 Å². The zero-order chi connectivity index (χ0) is 13.3. The van der Waals surface area contributed by atoms with Crippen LogP contribution in [0.2, 0.25) is 0 Å². The van der Waals surface area contributed by atoms with Gasteiger partial charge in [0.1, 0.15) is 5.82 Å². The normalized spacial score (nSPS) is 10.5. The molecule has 0 aliphatic carbocycles. The number of hydrogen-bond donors (Lipinski definition) is 0. The Kier molecular flexibility index (Phi) is 3.14. The molecule has 0 saturated heterocycles. The largest absolute Gasteiger partial charge is 0.433 e. The van der Waals surface area contributed by atoms with Crippen LogP contribution in [0.15, 0.2) is 24.3 Å². The van der Waals surface area contributed by atoms with Gasteiger partial charge in [0, 0.05) is 12.1 Å². The first-order valence-electron chi connectivity index (χ1n) is 4.62. The van der Waals surface area contributed by atoms with E-state index in [0.29, 0.717) is 6.07 Å². The van der Waals surface area contributed by atoms with Gasteiger partial charge < -0.3 is 4.74 Å². The fourth-order valence-corrected chi connectivity index (χ4v) is 1.16. The summed E-state index contributed by atoms with van der Waals surface area (Å²) in [6.07, 6.45) is 0. The van der Waals surface area contributed by atoms with Gasteiger partial charge in [0.25, 0.3) is 11.8 Å². The molecule has 0 atom stereocenters. The van der Waals surface area contributed by atoms with Crippen LogP contribution < -0.4 is 4.74 Å². The summed E-state index contributed by atoms with van der Waals surface area (Å²) in [6.45, 7) is 0. The average Bonchev–Trinajstić information content (AvgIpc) is 2.30. The van der Waals surface area contributed by atoms with E-state index >= 15 is 0 Å². The Balaban J connectivity index is 2.40. The van der Waals surface area contributed by atoms with Crippen LogP contribution in [-0.2, 0) is 0 Å².